The molecule has 1 aliphatic carbocycles. The van der Waals surface area contributed by atoms with Gasteiger partial charge in [0, 0.05) is 24.0 Å². The van der Waals surface area contributed by atoms with E-state index >= 15 is 0 Å². The van der Waals surface area contributed by atoms with Crippen LogP contribution in [0.5, 0.6) is 0 Å². The van der Waals surface area contributed by atoms with Gasteiger partial charge in [0.25, 0.3) is 0 Å². The Kier molecular flexibility index (Phi) is 6.62. The highest BCUT2D eigenvalue weighted by Crippen LogP contribution is 2.33. The summed E-state index contributed by atoms with van der Waals surface area (Å²) in [4.78, 5) is 25.4. The van der Waals surface area contributed by atoms with E-state index in [2.05, 4.69) is 5.32 Å². The molecular weight excluding hydrogens is 373 g/mol. The Labute approximate surface area is 162 Å². The lowest BCUT2D eigenvalue weighted by molar-refractivity contribution is -0.138. The van der Waals surface area contributed by atoms with Crippen molar-refractivity contribution in [2.75, 3.05) is 0 Å². The molecule has 2 N–H and O–H groups in total. The Morgan fingerprint density at radius 1 is 1.11 bits per heavy atom. The number of carboxylic acid groups (broad SMARTS) is 1. The van der Waals surface area contributed by atoms with Crippen LogP contribution >= 0.6 is 0 Å². The Balaban J connectivity index is 1.94. The number of carbonyl (C=O) groups excluding carboxylic acids is 1. The van der Waals surface area contributed by atoms with E-state index in [1.807, 2.05) is 20.8 Å². The summed E-state index contributed by atoms with van der Waals surface area (Å²) >= 11 is 0. The Bertz CT molecular complexity index is 705. The number of alkyl halides is 3. The first-order chi connectivity index (χ1) is 12.9. The standard InChI is InChI=1S/C20H27F3N2O3/c1-19(2,3)25(18(27)28)15-10-8-13(9-11-15)17(26)24-12-14-6-4-5-7-16(14)20(21,22)23/h4-7,13,15H,8-12H2,1-3H3,(H,24,26)(H,27,28)/t13-,15+. The van der Waals surface area contributed by atoms with Gasteiger partial charge in [-0.1, -0.05) is 18.2 Å². The van der Waals surface area contributed by atoms with Gasteiger partial charge in [-0.2, -0.15) is 13.2 Å². The van der Waals surface area contributed by atoms with Gasteiger partial charge in [0.1, 0.15) is 0 Å². The number of rotatable bonds is 4. The van der Waals surface area contributed by atoms with Crippen molar-refractivity contribution >= 4 is 12.0 Å². The molecular formula is C20H27F3N2O3. The van der Waals surface area contributed by atoms with E-state index in [0.717, 1.165) is 6.07 Å². The number of nitrogens with zero attached hydrogens (tertiary/aromatic N) is 1. The Morgan fingerprint density at radius 2 is 1.68 bits per heavy atom. The van der Waals surface area contributed by atoms with Crippen LogP contribution in [-0.4, -0.2) is 33.6 Å². The number of benzene rings is 1. The molecule has 0 aromatic heterocycles. The smallest absolute Gasteiger partial charge is 0.416 e. The highest BCUT2D eigenvalue weighted by atomic mass is 19.4. The third kappa shape index (κ3) is 5.39. The number of hydrogen-bond acceptors (Lipinski definition) is 2. The first-order valence-corrected chi connectivity index (χ1v) is 9.36. The highest BCUT2D eigenvalue weighted by molar-refractivity contribution is 5.78. The second-order valence-electron chi connectivity index (χ2n) is 8.20. The molecule has 1 aromatic rings. The molecule has 1 saturated carbocycles. The molecule has 0 radical (unpaired) electrons. The molecule has 5 nitrogen and oxygen atoms in total. The number of amides is 2. The quantitative estimate of drug-likeness (QED) is 0.772. The summed E-state index contributed by atoms with van der Waals surface area (Å²) in [6.07, 6.45) is -3.31. The van der Waals surface area contributed by atoms with Crippen molar-refractivity contribution in [3.63, 3.8) is 0 Å². The average molecular weight is 400 g/mol. The first kappa shape index (κ1) is 22.0. The maximum absolute atomic E-state index is 13.0. The van der Waals surface area contributed by atoms with Crippen molar-refractivity contribution in [2.24, 2.45) is 5.92 Å². The topological polar surface area (TPSA) is 69.6 Å². The van der Waals surface area contributed by atoms with E-state index in [9.17, 15) is 27.9 Å². The molecule has 0 atom stereocenters. The van der Waals surface area contributed by atoms with Gasteiger partial charge in [-0.25, -0.2) is 4.79 Å². The predicted octanol–water partition coefficient (Wildman–Crippen LogP) is 4.66. The zero-order chi connectivity index (χ0) is 21.1. The molecule has 0 saturated heterocycles. The zero-order valence-electron chi connectivity index (χ0n) is 16.3. The van der Waals surface area contributed by atoms with Crippen molar-refractivity contribution in [1.82, 2.24) is 10.2 Å². The number of halogens is 3. The van der Waals surface area contributed by atoms with Crippen LogP contribution in [0.4, 0.5) is 18.0 Å². The summed E-state index contributed by atoms with van der Waals surface area (Å²) in [5.74, 6) is -0.599. The molecule has 28 heavy (non-hydrogen) atoms. The predicted molar refractivity (Wildman–Crippen MR) is 98.7 cm³/mol. The molecule has 0 spiro atoms. The molecule has 156 valence electrons. The molecule has 1 fully saturated rings. The number of hydrogen-bond donors (Lipinski definition) is 2. The average Bonchev–Trinajstić information content (AvgIpc) is 2.58. The largest absolute Gasteiger partial charge is 0.465 e. The lowest BCUT2D eigenvalue weighted by Crippen LogP contribution is -2.52. The Hall–Kier alpha value is -2.25. The molecule has 8 heteroatoms. The van der Waals surface area contributed by atoms with Crippen LogP contribution in [0.3, 0.4) is 0 Å². The fraction of sp³-hybridized carbons (Fsp3) is 0.600. The second-order valence-corrected chi connectivity index (χ2v) is 8.20. The lowest BCUT2D eigenvalue weighted by atomic mass is 9.83. The summed E-state index contributed by atoms with van der Waals surface area (Å²) in [5.41, 5.74) is -1.25. The van der Waals surface area contributed by atoms with Crippen LogP contribution in [0, 0.1) is 5.92 Å². The second kappa shape index (κ2) is 8.41. The highest BCUT2D eigenvalue weighted by Gasteiger charge is 2.37. The van der Waals surface area contributed by atoms with E-state index < -0.39 is 23.4 Å². The minimum atomic E-state index is -4.47. The van der Waals surface area contributed by atoms with Crippen molar-refractivity contribution in [3.8, 4) is 0 Å². The van der Waals surface area contributed by atoms with Crippen LogP contribution < -0.4 is 5.32 Å². The molecule has 0 aliphatic heterocycles. The molecule has 1 aromatic carbocycles. The molecule has 0 bridgehead atoms. The van der Waals surface area contributed by atoms with Gasteiger partial charge >= 0.3 is 12.3 Å². The van der Waals surface area contributed by atoms with E-state index in [0.29, 0.717) is 25.7 Å². The minimum Gasteiger partial charge on any atom is -0.465 e. The van der Waals surface area contributed by atoms with Crippen LogP contribution in [0.2, 0.25) is 0 Å². The van der Waals surface area contributed by atoms with E-state index in [4.69, 9.17) is 0 Å². The van der Waals surface area contributed by atoms with Gasteiger partial charge in [-0.05, 0) is 58.1 Å². The minimum absolute atomic E-state index is 0.0295. The van der Waals surface area contributed by atoms with Crippen LogP contribution in [0.25, 0.3) is 0 Å². The van der Waals surface area contributed by atoms with Crippen molar-refractivity contribution in [1.29, 1.82) is 0 Å². The Morgan fingerprint density at radius 3 is 2.18 bits per heavy atom. The van der Waals surface area contributed by atoms with Gasteiger partial charge in [0.15, 0.2) is 0 Å². The van der Waals surface area contributed by atoms with Gasteiger partial charge in [-0.3, -0.25) is 4.79 Å². The summed E-state index contributed by atoms with van der Waals surface area (Å²) in [5, 5.41) is 12.1. The fourth-order valence-electron chi connectivity index (χ4n) is 3.86. The van der Waals surface area contributed by atoms with Gasteiger partial charge in [0.2, 0.25) is 5.91 Å². The van der Waals surface area contributed by atoms with Crippen LogP contribution in [0.1, 0.15) is 57.6 Å². The van der Waals surface area contributed by atoms with Crippen molar-refractivity contribution in [3.05, 3.63) is 35.4 Å². The number of nitrogens with one attached hydrogen (secondary N) is 1. The van der Waals surface area contributed by atoms with Crippen molar-refractivity contribution < 1.29 is 27.9 Å². The lowest BCUT2D eigenvalue weighted by Gasteiger charge is -2.42. The monoisotopic (exact) mass is 400 g/mol. The maximum Gasteiger partial charge on any atom is 0.416 e. The molecule has 1 aliphatic rings. The maximum atomic E-state index is 13.0. The van der Waals surface area contributed by atoms with Gasteiger partial charge in [0.05, 0.1) is 5.56 Å². The summed E-state index contributed by atoms with van der Waals surface area (Å²) < 4.78 is 39.1. The molecule has 0 heterocycles. The summed E-state index contributed by atoms with van der Waals surface area (Å²) in [7, 11) is 0. The normalized spacial score (nSPS) is 20.5. The third-order valence-corrected chi connectivity index (χ3v) is 5.14. The molecule has 2 amide bonds. The summed E-state index contributed by atoms with van der Waals surface area (Å²) in [6, 6.07) is 5.02. The third-order valence-electron chi connectivity index (χ3n) is 5.14. The summed E-state index contributed by atoms with van der Waals surface area (Å²) in [6.45, 7) is 5.31. The fourth-order valence-corrected chi connectivity index (χ4v) is 3.86. The first-order valence-electron chi connectivity index (χ1n) is 9.36. The van der Waals surface area contributed by atoms with Gasteiger partial charge < -0.3 is 15.3 Å². The van der Waals surface area contributed by atoms with Crippen LogP contribution in [0.15, 0.2) is 24.3 Å². The van der Waals surface area contributed by atoms with E-state index in [1.165, 1.54) is 23.1 Å². The zero-order valence-corrected chi connectivity index (χ0v) is 16.3. The SMILES string of the molecule is CC(C)(C)N(C(=O)O)[C@H]1CC[C@@H](C(=O)NCc2ccccc2C(F)(F)F)CC1. The van der Waals surface area contributed by atoms with E-state index in [-0.39, 0.29) is 30.0 Å². The van der Waals surface area contributed by atoms with E-state index in [1.54, 1.807) is 0 Å². The molecule has 0 unspecified atom stereocenters. The van der Waals surface area contributed by atoms with Crippen molar-refractivity contribution in [2.45, 2.75) is 70.8 Å². The van der Waals surface area contributed by atoms with Gasteiger partial charge in [-0.15, -0.1) is 0 Å². The van der Waals surface area contributed by atoms with Crippen LogP contribution in [-0.2, 0) is 17.5 Å². The molecule has 2 rings (SSSR count). The number of carbonyl (C=O) groups is 2.